The highest BCUT2D eigenvalue weighted by molar-refractivity contribution is 7.80. The molecule has 9 heteroatoms. The van der Waals surface area contributed by atoms with Gasteiger partial charge in [0.15, 0.2) is 10.2 Å². The summed E-state index contributed by atoms with van der Waals surface area (Å²) in [6.45, 7) is 0. The highest BCUT2D eigenvalue weighted by Gasteiger charge is 2.19. The molecule has 0 spiro atoms. The lowest BCUT2D eigenvalue weighted by atomic mass is 10.1. The molecule has 0 fully saturated rings. The number of methoxy groups -OCH3 is 2. The van der Waals surface area contributed by atoms with Gasteiger partial charge in [0.2, 0.25) is 0 Å². The molecule has 1 amide bonds. The molecule has 0 heterocycles. The Morgan fingerprint density at radius 2 is 1.42 bits per heavy atom. The van der Waals surface area contributed by atoms with Crippen molar-refractivity contribution in [2.45, 2.75) is 0 Å². The van der Waals surface area contributed by atoms with Crippen molar-refractivity contribution in [3.63, 3.8) is 0 Å². The van der Waals surface area contributed by atoms with Gasteiger partial charge < -0.3 is 25.8 Å². The number of carbonyl (C=O) groups excluding carboxylic acids is 1. The molecule has 0 saturated heterocycles. The van der Waals surface area contributed by atoms with Gasteiger partial charge in [-0.15, -0.1) is 0 Å². The molecule has 26 heavy (non-hydrogen) atoms. The van der Waals surface area contributed by atoms with Gasteiger partial charge in [-0.05, 0) is 60.8 Å². The van der Waals surface area contributed by atoms with Crippen LogP contribution in [0.5, 0.6) is 11.5 Å². The zero-order chi connectivity index (χ0) is 19.1. The maximum absolute atomic E-state index is 12.5. The normalized spacial score (nSPS) is 9.77. The fourth-order valence-corrected chi connectivity index (χ4v) is 2.51. The van der Waals surface area contributed by atoms with Crippen LogP contribution in [0.2, 0.25) is 0 Å². The number of nitrogens with one attached hydrogen (secondary N) is 3. The van der Waals surface area contributed by atoms with Crippen molar-refractivity contribution >= 4 is 51.9 Å². The van der Waals surface area contributed by atoms with E-state index >= 15 is 0 Å². The van der Waals surface area contributed by atoms with Gasteiger partial charge in [-0.1, -0.05) is 6.07 Å². The maximum Gasteiger partial charge on any atom is 0.264 e. The van der Waals surface area contributed by atoms with Crippen LogP contribution in [0.1, 0.15) is 10.4 Å². The van der Waals surface area contributed by atoms with Crippen LogP contribution in [0.3, 0.4) is 0 Å². The van der Waals surface area contributed by atoms with Gasteiger partial charge in [0.1, 0.15) is 17.1 Å². The summed E-state index contributed by atoms with van der Waals surface area (Å²) in [7, 11) is 2.95. The SMILES string of the molecule is COc1cccc(OC)c1C(=O)NC(=S)Nc1ccc(NC(N)=S)cc1. The molecule has 0 unspecified atom stereocenters. The summed E-state index contributed by atoms with van der Waals surface area (Å²) in [6.07, 6.45) is 0. The van der Waals surface area contributed by atoms with Gasteiger partial charge in [-0.2, -0.15) is 0 Å². The Kier molecular flexibility index (Phi) is 6.70. The van der Waals surface area contributed by atoms with Gasteiger partial charge >= 0.3 is 0 Å². The van der Waals surface area contributed by atoms with E-state index in [1.807, 2.05) is 0 Å². The molecule has 0 bridgehead atoms. The number of hydrogen-bond donors (Lipinski definition) is 4. The number of amides is 1. The van der Waals surface area contributed by atoms with E-state index in [9.17, 15) is 4.79 Å². The number of benzene rings is 2. The minimum Gasteiger partial charge on any atom is -0.496 e. The lowest BCUT2D eigenvalue weighted by Crippen LogP contribution is -2.34. The van der Waals surface area contributed by atoms with E-state index in [1.165, 1.54) is 14.2 Å². The summed E-state index contributed by atoms with van der Waals surface area (Å²) in [5.74, 6) is 0.333. The van der Waals surface area contributed by atoms with Crippen LogP contribution in [-0.4, -0.2) is 30.4 Å². The largest absolute Gasteiger partial charge is 0.496 e. The first-order valence-corrected chi connectivity index (χ1v) is 8.26. The Morgan fingerprint density at radius 1 is 0.923 bits per heavy atom. The highest BCUT2D eigenvalue weighted by atomic mass is 32.1. The summed E-state index contributed by atoms with van der Waals surface area (Å²) in [6, 6.07) is 12.1. The van der Waals surface area contributed by atoms with Crippen molar-refractivity contribution in [1.82, 2.24) is 5.32 Å². The Morgan fingerprint density at radius 3 is 1.88 bits per heavy atom. The smallest absolute Gasteiger partial charge is 0.264 e. The second kappa shape index (κ2) is 8.97. The zero-order valence-corrected chi connectivity index (χ0v) is 15.8. The maximum atomic E-state index is 12.5. The predicted molar refractivity (Wildman–Crippen MR) is 110 cm³/mol. The molecule has 2 aromatic carbocycles. The second-order valence-corrected chi connectivity index (χ2v) is 5.86. The van der Waals surface area contributed by atoms with Crippen molar-refractivity contribution in [1.29, 1.82) is 0 Å². The molecule has 2 aromatic rings. The average Bonchev–Trinajstić information content (AvgIpc) is 2.61. The number of anilines is 2. The third-order valence-electron chi connectivity index (χ3n) is 3.29. The fraction of sp³-hybridized carbons (Fsp3) is 0.118. The van der Waals surface area contributed by atoms with E-state index in [-0.39, 0.29) is 15.8 Å². The quantitative estimate of drug-likeness (QED) is 0.578. The van der Waals surface area contributed by atoms with Crippen LogP contribution in [0.15, 0.2) is 42.5 Å². The summed E-state index contributed by atoms with van der Waals surface area (Å²) in [5, 5.41) is 8.66. The lowest BCUT2D eigenvalue weighted by Gasteiger charge is -2.14. The molecule has 5 N–H and O–H groups in total. The molecule has 0 aliphatic rings. The third kappa shape index (κ3) is 5.04. The number of thiocarbonyl (C=S) groups is 2. The van der Waals surface area contributed by atoms with Crippen molar-refractivity contribution in [2.24, 2.45) is 5.73 Å². The Bertz CT molecular complexity index is 803. The van der Waals surface area contributed by atoms with Crippen LogP contribution in [0, 0.1) is 0 Å². The summed E-state index contributed by atoms with van der Waals surface area (Å²) < 4.78 is 10.4. The average molecular weight is 390 g/mol. The van der Waals surface area contributed by atoms with E-state index in [1.54, 1.807) is 42.5 Å². The molecular formula is C17H18N4O3S2. The topological polar surface area (TPSA) is 97.6 Å². The third-order valence-corrected chi connectivity index (χ3v) is 3.60. The highest BCUT2D eigenvalue weighted by Crippen LogP contribution is 2.28. The summed E-state index contributed by atoms with van der Waals surface area (Å²) >= 11 is 9.97. The lowest BCUT2D eigenvalue weighted by molar-refractivity contribution is 0.0971. The first-order valence-electron chi connectivity index (χ1n) is 7.44. The minimum absolute atomic E-state index is 0.137. The van der Waals surface area contributed by atoms with Crippen LogP contribution >= 0.6 is 24.4 Å². The molecule has 0 saturated carbocycles. The molecule has 7 nitrogen and oxygen atoms in total. The first-order chi connectivity index (χ1) is 12.4. The molecule has 0 radical (unpaired) electrons. The van der Waals surface area contributed by atoms with Gasteiger partial charge in [-0.25, -0.2) is 0 Å². The van der Waals surface area contributed by atoms with E-state index in [0.29, 0.717) is 17.2 Å². The number of ether oxygens (including phenoxy) is 2. The van der Waals surface area contributed by atoms with E-state index in [2.05, 4.69) is 16.0 Å². The van der Waals surface area contributed by atoms with E-state index in [4.69, 9.17) is 39.6 Å². The number of rotatable bonds is 5. The Hall–Kier alpha value is -2.91. The van der Waals surface area contributed by atoms with Crippen molar-refractivity contribution in [3.8, 4) is 11.5 Å². The van der Waals surface area contributed by atoms with Crippen LogP contribution in [-0.2, 0) is 0 Å². The summed E-state index contributed by atoms with van der Waals surface area (Å²) in [4.78, 5) is 12.5. The van der Waals surface area contributed by atoms with Crippen LogP contribution in [0.4, 0.5) is 11.4 Å². The van der Waals surface area contributed by atoms with Crippen molar-refractivity contribution < 1.29 is 14.3 Å². The summed E-state index contributed by atoms with van der Waals surface area (Å²) in [5.41, 5.74) is 7.12. The molecule has 0 aromatic heterocycles. The van der Waals surface area contributed by atoms with Gasteiger partial charge in [0.05, 0.1) is 14.2 Å². The van der Waals surface area contributed by atoms with Crippen LogP contribution < -0.4 is 31.2 Å². The van der Waals surface area contributed by atoms with Gasteiger partial charge in [-0.3, -0.25) is 10.1 Å². The molecule has 0 aliphatic carbocycles. The zero-order valence-electron chi connectivity index (χ0n) is 14.2. The molecular weight excluding hydrogens is 372 g/mol. The van der Waals surface area contributed by atoms with Crippen molar-refractivity contribution in [3.05, 3.63) is 48.0 Å². The van der Waals surface area contributed by atoms with Crippen LogP contribution in [0.25, 0.3) is 0 Å². The molecule has 0 aliphatic heterocycles. The van der Waals surface area contributed by atoms with Gasteiger partial charge in [0, 0.05) is 11.4 Å². The van der Waals surface area contributed by atoms with E-state index in [0.717, 1.165) is 5.69 Å². The standard InChI is InChI=1S/C17H18N4O3S2/c1-23-12-4-3-5-13(24-2)14(12)15(22)21-17(26)20-11-8-6-10(7-9-11)19-16(18)25/h3-9H,1-2H3,(H3,18,19,25)(H2,20,21,22,26). The first kappa shape index (κ1) is 19.4. The second-order valence-electron chi connectivity index (χ2n) is 5.01. The Labute approximate surface area is 161 Å². The van der Waals surface area contributed by atoms with E-state index < -0.39 is 5.91 Å². The fourth-order valence-electron chi connectivity index (χ4n) is 2.18. The molecule has 2 rings (SSSR count). The van der Waals surface area contributed by atoms with Gasteiger partial charge in [0.25, 0.3) is 5.91 Å². The monoisotopic (exact) mass is 390 g/mol. The predicted octanol–water partition coefficient (Wildman–Crippen LogP) is 2.49. The Balaban J connectivity index is 2.06. The molecule has 136 valence electrons. The number of hydrogen-bond acceptors (Lipinski definition) is 5. The molecule has 0 atom stereocenters. The van der Waals surface area contributed by atoms with Crippen molar-refractivity contribution in [2.75, 3.05) is 24.9 Å². The number of nitrogens with two attached hydrogens (primary N) is 1. The minimum atomic E-state index is -0.441. The number of carbonyl (C=O) groups is 1.